The van der Waals surface area contributed by atoms with Crippen molar-refractivity contribution in [3.63, 3.8) is 0 Å². The molecular weight excluding hydrogens is 435 g/mol. The maximum Gasteiger partial charge on any atom is 0.337 e. The Bertz CT molecular complexity index is 1210. The van der Waals surface area contributed by atoms with E-state index in [0.717, 1.165) is 6.07 Å². The predicted molar refractivity (Wildman–Crippen MR) is 108 cm³/mol. The third-order valence-corrected chi connectivity index (χ3v) is 4.07. The summed E-state index contributed by atoms with van der Waals surface area (Å²) < 4.78 is 41.6. The van der Waals surface area contributed by atoms with E-state index in [4.69, 9.17) is 0 Å². The molecule has 0 aliphatic heterocycles. The second kappa shape index (κ2) is 10.2. The van der Waals surface area contributed by atoms with Crippen LogP contribution in [-0.4, -0.2) is 32.1 Å². The van der Waals surface area contributed by atoms with Crippen molar-refractivity contribution < 1.29 is 22.8 Å². The molecule has 170 valence electrons. The van der Waals surface area contributed by atoms with Crippen LogP contribution in [0.5, 0.6) is 0 Å². The normalized spacial score (nSPS) is 10.5. The van der Waals surface area contributed by atoms with Crippen LogP contribution in [0.3, 0.4) is 0 Å². The first-order valence-electron chi connectivity index (χ1n) is 8.98. The van der Waals surface area contributed by atoms with Gasteiger partial charge in [-0.1, -0.05) is 12.2 Å². The lowest BCUT2D eigenvalue weighted by Crippen LogP contribution is -2.55. The molecule has 0 unspecified atom stereocenters. The first-order chi connectivity index (χ1) is 15.1. The van der Waals surface area contributed by atoms with Gasteiger partial charge < -0.3 is 10.6 Å². The topological polar surface area (TPSA) is 124 Å². The van der Waals surface area contributed by atoms with Crippen molar-refractivity contribution in [1.82, 2.24) is 19.0 Å². The van der Waals surface area contributed by atoms with E-state index in [0.29, 0.717) is 19.8 Å². The van der Waals surface area contributed by atoms with Gasteiger partial charge >= 0.3 is 17.1 Å². The van der Waals surface area contributed by atoms with Crippen molar-refractivity contribution in [2.45, 2.75) is 19.6 Å². The Labute approximate surface area is 177 Å². The zero-order valence-electron chi connectivity index (χ0n) is 16.6. The first kappa shape index (κ1) is 24.1. The Morgan fingerprint density at radius 1 is 0.844 bits per heavy atom. The monoisotopic (exact) mass is 453 g/mol. The van der Waals surface area contributed by atoms with Crippen LogP contribution >= 0.6 is 0 Å². The van der Waals surface area contributed by atoms with Gasteiger partial charge in [-0.2, -0.15) is 0 Å². The smallest absolute Gasteiger partial charge is 0.337 e. The van der Waals surface area contributed by atoms with E-state index in [1.165, 1.54) is 12.2 Å². The molecular formula is C19H18F3N5O5. The summed E-state index contributed by atoms with van der Waals surface area (Å²) in [5.74, 6) is -6.80. The Kier molecular flexibility index (Phi) is 7.71. The molecule has 1 aromatic heterocycles. The van der Waals surface area contributed by atoms with E-state index < -0.39 is 65.1 Å². The zero-order chi connectivity index (χ0) is 24.0. The largest absolute Gasteiger partial charge is 0.345 e. The lowest BCUT2D eigenvalue weighted by molar-refractivity contribution is -0.124. The molecule has 0 fully saturated rings. The highest BCUT2D eigenvalue weighted by atomic mass is 19.2. The van der Waals surface area contributed by atoms with Gasteiger partial charge in [0.2, 0.25) is 11.8 Å². The number of nitrogens with zero attached hydrogens (tertiary/aromatic N) is 3. The number of carbonyl (C=O) groups excluding carboxylic acids is 2. The molecule has 0 spiro atoms. The molecule has 1 aromatic carbocycles. The van der Waals surface area contributed by atoms with Gasteiger partial charge in [-0.3, -0.25) is 9.59 Å². The fourth-order valence-corrected chi connectivity index (χ4v) is 2.58. The molecule has 1 heterocycles. The van der Waals surface area contributed by atoms with Gasteiger partial charge in [-0.25, -0.2) is 41.3 Å². The number of hydrogen-bond donors (Lipinski definition) is 2. The van der Waals surface area contributed by atoms with E-state index in [2.05, 4.69) is 18.5 Å². The lowest BCUT2D eigenvalue weighted by Gasteiger charge is -2.12. The zero-order valence-corrected chi connectivity index (χ0v) is 16.6. The van der Waals surface area contributed by atoms with E-state index >= 15 is 0 Å². The minimum Gasteiger partial charge on any atom is -0.345 e. The fraction of sp³-hybridized carbons (Fsp3) is 0.211. The number of carbonyl (C=O) groups is 2. The van der Waals surface area contributed by atoms with Crippen LogP contribution < -0.4 is 27.7 Å². The van der Waals surface area contributed by atoms with Crippen molar-refractivity contribution in [2.75, 3.05) is 11.9 Å². The highest BCUT2D eigenvalue weighted by Crippen LogP contribution is 2.19. The number of hydrogen-bond acceptors (Lipinski definition) is 5. The molecule has 0 aliphatic carbocycles. The minimum atomic E-state index is -1.78. The summed E-state index contributed by atoms with van der Waals surface area (Å²) in [7, 11) is 0. The van der Waals surface area contributed by atoms with Crippen molar-refractivity contribution in [2.24, 2.45) is 0 Å². The Balaban J connectivity index is 2.17. The second-order valence-corrected chi connectivity index (χ2v) is 6.28. The molecule has 0 radical (unpaired) electrons. The van der Waals surface area contributed by atoms with Crippen molar-refractivity contribution >= 4 is 17.5 Å². The SMILES string of the molecule is C=CCn1c(=O)n(CC=C)c(=O)n(CC(=O)NCC(=O)Nc2ccc(F)c(F)c2F)c1=O. The third kappa shape index (κ3) is 5.11. The highest BCUT2D eigenvalue weighted by molar-refractivity contribution is 5.94. The predicted octanol–water partition coefficient (Wildman–Crippen LogP) is -0.284. The molecule has 0 bridgehead atoms. The number of benzene rings is 1. The molecule has 0 atom stereocenters. The summed E-state index contributed by atoms with van der Waals surface area (Å²) in [6.45, 7) is 4.81. The van der Waals surface area contributed by atoms with Crippen LogP contribution in [-0.2, 0) is 29.2 Å². The van der Waals surface area contributed by atoms with Crippen molar-refractivity contribution in [1.29, 1.82) is 0 Å². The maximum absolute atomic E-state index is 13.6. The van der Waals surface area contributed by atoms with E-state index in [9.17, 15) is 37.1 Å². The summed E-state index contributed by atoms with van der Waals surface area (Å²) in [5.41, 5.74) is -3.69. The van der Waals surface area contributed by atoms with Gasteiger partial charge in [-0.15, -0.1) is 13.2 Å². The van der Waals surface area contributed by atoms with Gasteiger partial charge in [0.25, 0.3) is 0 Å². The Hall–Kier alpha value is -4.16. The van der Waals surface area contributed by atoms with Gasteiger partial charge in [-0.05, 0) is 12.1 Å². The average Bonchev–Trinajstić information content (AvgIpc) is 2.76. The average molecular weight is 453 g/mol. The molecule has 2 amide bonds. The van der Waals surface area contributed by atoms with Crippen LogP contribution in [0.4, 0.5) is 18.9 Å². The Morgan fingerprint density at radius 3 is 1.91 bits per heavy atom. The number of nitrogens with one attached hydrogen (secondary N) is 2. The van der Waals surface area contributed by atoms with Crippen LogP contribution in [0.2, 0.25) is 0 Å². The summed E-state index contributed by atoms with van der Waals surface area (Å²) >= 11 is 0. The molecule has 13 heteroatoms. The molecule has 32 heavy (non-hydrogen) atoms. The molecule has 0 saturated heterocycles. The van der Waals surface area contributed by atoms with E-state index in [-0.39, 0.29) is 13.1 Å². The third-order valence-electron chi connectivity index (χ3n) is 4.07. The van der Waals surface area contributed by atoms with Crippen LogP contribution in [0, 0.1) is 17.5 Å². The van der Waals surface area contributed by atoms with E-state index in [1.807, 2.05) is 5.32 Å². The molecule has 0 aliphatic rings. The number of anilines is 1. The van der Waals surface area contributed by atoms with Crippen LogP contribution in [0.15, 0.2) is 51.8 Å². The molecule has 0 saturated carbocycles. The number of aromatic nitrogens is 3. The summed E-state index contributed by atoms with van der Waals surface area (Å²) in [5, 5.41) is 4.03. The van der Waals surface area contributed by atoms with Gasteiger partial charge in [0.15, 0.2) is 17.5 Å². The Morgan fingerprint density at radius 2 is 1.38 bits per heavy atom. The van der Waals surface area contributed by atoms with Gasteiger partial charge in [0, 0.05) is 0 Å². The number of rotatable bonds is 9. The highest BCUT2D eigenvalue weighted by Gasteiger charge is 2.18. The lowest BCUT2D eigenvalue weighted by atomic mass is 10.2. The summed E-state index contributed by atoms with van der Waals surface area (Å²) in [6.07, 6.45) is 2.50. The molecule has 10 nitrogen and oxygen atoms in total. The van der Waals surface area contributed by atoms with E-state index in [1.54, 1.807) is 0 Å². The number of halogens is 3. The molecule has 2 N–H and O–H groups in total. The van der Waals surface area contributed by atoms with Crippen LogP contribution in [0.25, 0.3) is 0 Å². The maximum atomic E-state index is 13.6. The summed E-state index contributed by atoms with van der Waals surface area (Å²) in [4.78, 5) is 61.2. The first-order valence-corrected chi connectivity index (χ1v) is 8.98. The van der Waals surface area contributed by atoms with Gasteiger partial charge in [0.05, 0.1) is 25.3 Å². The minimum absolute atomic E-state index is 0.223. The van der Waals surface area contributed by atoms with Crippen LogP contribution in [0.1, 0.15) is 0 Å². The number of allylic oxidation sites excluding steroid dienone is 2. The fourth-order valence-electron chi connectivity index (χ4n) is 2.58. The van der Waals surface area contributed by atoms with Crippen molar-refractivity contribution in [3.8, 4) is 0 Å². The quantitative estimate of drug-likeness (QED) is 0.399. The summed E-state index contributed by atoms with van der Waals surface area (Å²) in [6, 6.07) is 1.39. The molecule has 2 rings (SSSR count). The standard InChI is InChI=1S/C19H18F3N5O5/c1-3-7-25-17(30)26(8-4-2)19(32)27(18(25)31)10-14(29)23-9-13(28)24-12-6-5-11(20)15(21)16(12)22/h3-6H,1-2,7-10H2,(H,23,29)(H,24,28). The molecule has 2 aromatic rings. The second-order valence-electron chi connectivity index (χ2n) is 6.28. The van der Waals surface area contributed by atoms with Crippen molar-refractivity contribution in [3.05, 3.63) is 86.3 Å². The number of amides is 2. The van der Waals surface area contributed by atoms with Gasteiger partial charge in [0.1, 0.15) is 6.54 Å².